The number of amides is 1. The number of unbranched alkanes of at least 4 members (excludes halogenated alkanes) is 1. The maximum atomic E-state index is 11.8. The highest BCUT2D eigenvalue weighted by Crippen LogP contribution is 2.13. The lowest BCUT2D eigenvalue weighted by molar-refractivity contribution is -0.129. The monoisotopic (exact) mass is 270 g/mol. The molecule has 1 rings (SSSR count). The summed E-state index contributed by atoms with van der Waals surface area (Å²) in [4.78, 5) is 13.6. The number of para-hydroxylation sites is 1. The summed E-state index contributed by atoms with van der Waals surface area (Å²) in [6.45, 7) is 2.97. The predicted molar refractivity (Wildman–Crippen MR) is 79.0 cm³/mol. The molecule has 1 amide bonds. The number of halogens is 1. The van der Waals surface area contributed by atoms with Crippen LogP contribution in [0, 0.1) is 0 Å². The zero-order valence-corrected chi connectivity index (χ0v) is 12.0. The molecular weight excluding hydrogens is 248 g/mol. The van der Waals surface area contributed by atoms with E-state index >= 15 is 0 Å². The van der Waals surface area contributed by atoms with E-state index in [2.05, 4.69) is 6.92 Å². The lowest BCUT2D eigenvalue weighted by Gasteiger charge is -2.16. The fourth-order valence-corrected chi connectivity index (χ4v) is 1.71. The molecule has 0 saturated heterocycles. The van der Waals surface area contributed by atoms with Crippen LogP contribution >= 0.6 is 12.4 Å². The Morgan fingerprint density at radius 2 is 2.00 bits per heavy atom. The lowest BCUT2D eigenvalue weighted by atomic mass is 10.1. The largest absolute Gasteiger partial charge is 0.399 e. The second kappa shape index (κ2) is 8.81. The predicted octanol–water partition coefficient (Wildman–Crippen LogP) is 2.88. The summed E-state index contributed by atoms with van der Waals surface area (Å²) >= 11 is 0. The van der Waals surface area contributed by atoms with E-state index in [9.17, 15) is 4.79 Å². The van der Waals surface area contributed by atoms with Crippen LogP contribution in [0.1, 0.15) is 31.7 Å². The van der Waals surface area contributed by atoms with Gasteiger partial charge in [-0.3, -0.25) is 4.79 Å². The summed E-state index contributed by atoms with van der Waals surface area (Å²) in [5.74, 6) is 0.196. The van der Waals surface area contributed by atoms with Gasteiger partial charge < -0.3 is 10.6 Å². The van der Waals surface area contributed by atoms with Gasteiger partial charge in [-0.2, -0.15) is 0 Å². The number of carbonyl (C=O) groups is 1. The Kier molecular flexibility index (Phi) is 8.21. The van der Waals surface area contributed by atoms with E-state index < -0.39 is 0 Å². The Morgan fingerprint density at radius 3 is 2.61 bits per heavy atom. The summed E-state index contributed by atoms with van der Waals surface area (Å²) in [5, 5.41) is 0. The molecule has 0 spiro atoms. The molecule has 0 heterocycles. The maximum absolute atomic E-state index is 11.8. The van der Waals surface area contributed by atoms with Crippen LogP contribution in [-0.2, 0) is 11.2 Å². The van der Waals surface area contributed by atoms with Crippen LogP contribution < -0.4 is 5.73 Å². The normalized spacial score (nSPS) is 9.67. The van der Waals surface area contributed by atoms with E-state index in [1.807, 2.05) is 36.2 Å². The molecule has 0 unspecified atom stereocenters. The van der Waals surface area contributed by atoms with Crippen molar-refractivity contribution >= 4 is 24.0 Å². The average molecular weight is 271 g/mol. The van der Waals surface area contributed by atoms with Crippen molar-refractivity contribution in [3.05, 3.63) is 29.8 Å². The quantitative estimate of drug-likeness (QED) is 0.808. The van der Waals surface area contributed by atoms with Gasteiger partial charge >= 0.3 is 0 Å². The van der Waals surface area contributed by atoms with Crippen molar-refractivity contribution in [1.29, 1.82) is 0 Å². The van der Waals surface area contributed by atoms with Crippen LogP contribution in [0.2, 0.25) is 0 Å². The smallest absolute Gasteiger partial charge is 0.222 e. The second-order valence-corrected chi connectivity index (χ2v) is 4.37. The van der Waals surface area contributed by atoms with Gasteiger partial charge in [-0.1, -0.05) is 31.5 Å². The number of nitrogens with zero attached hydrogens (tertiary/aromatic N) is 1. The number of rotatable bonds is 6. The molecule has 18 heavy (non-hydrogen) atoms. The van der Waals surface area contributed by atoms with E-state index in [4.69, 9.17) is 5.73 Å². The van der Waals surface area contributed by atoms with Crippen molar-refractivity contribution < 1.29 is 4.79 Å². The molecule has 0 aliphatic heterocycles. The minimum absolute atomic E-state index is 0. The van der Waals surface area contributed by atoms with Crippen molar-refractivity contribution in [2.24, 2.45) is 0 Å². The van der Waals surface area contributed by atoms with Crippen LogP contribution in [0.4, 0.5) is 5.69 Å². The van der Waals surface area contributed by atoms with Crippen molar-refractivity contribution in [1.82, 2.24) is 4.90 Å². The molecule has 0 aliphatic rings. The molecule has 102 valence electrons. The highest BCUT2D eigenvalue weighted by atomic mass is 35.5. The Morgan fingerprint density at radius 1 is 1.33 bits per heavy atom. The van der Waals surface area contributed by atoms with Crippen LogP contribution in [0.5, 0.6) is 0 Å². The van der Waals surface area contributed by atoms with E-state index in [0.717, 1.165) is 37.1 Å². The fraction of sp³-hybridized carbons (Fsp3) is 0.500. The van der Waals surface area contributed by atoms with E-state index in [-0.39, 0.29) is 18.3 Å². The molecule has 2 N–H and O–H groups in total. The van der Waals surface area contributed by atoms with E-state index in [0.29, 0.717) is 6.42 Å². The fourth-order valence-electron chi connectivity index (χ4n) is 1.71. The maximum Gasteiger partial charge on any atom is 0.222 e. The highest BCUT2D eigenvalue weighted by molar-refractivity contribution is 5.85. The van der Waals surface area contributed by atoms with E-state index in [1.165, 1.54) is 0 Å². The number of nitrogens with two attached hydrogens (primary N) is 1. The molecule has 0 aliphatic carbocycles. The number of benzene rings is 1. The zero-order valence-electron chi connectivity index (χ0n) is 11.2. The Hall–Kier alpha value is -1.22. The van der Waals surface area contributed by atoms with Gasteiger partial charge in [0, 0.05) is 25.7 Å². The van der Waals surface area contributed by atoms with E-state index in [1.54, 1.807) is 0 Å². The molecule has 0 fully saturated rings. The third-order valence-corrected chi connectivity index (χ3v) is 2.94. The first-order chi connectivity index (χ1) is 8.15. The molecule has 3 nitrogen and oxygen atoms in total. The van der Waals surface area contributed by atoms with Gasteiger partial charge in [-0.25, -0.2) is 0 Å². The molecule has 4 heteroatoms. The van der Waals surface area contributed by atoms with Gasteiger partial charge in [0.1, 0.15) is 0 Å². The zero-order chi connectivity index (χ0) is 12.7. The Bertz CT molecular complexity index is 369. The molecule has 0 saturated carbocycles. The summed E-state index contributed by atoms with van der Waals surface area (Å²) in [6.07, 6.45) is 3.44. The lowest BCUT2D eigenvalue weighted by Crippen LogP contribution is -2.27. The van der Waals surface area contributed by atoms with Gasteiger partial charge in [0.05, 0.1) is 0 Å². The van der Waals surface area contributed by atoms with Crippen molar-refractivity contribution in [3.8, 4) is 0 Å². The average Bonchev–Trinajstić information content (AvgIpc) is 2.34. The Labute approximate surface area is 116 Å². The first-order valence-electron chi connectivity index (χ1n) is 6.22. The summed E-state index contributed by atoms with van der Waals surface area (Å²) in [5.41, 5.74) is 7.67. The number of carbonyl (C=O) groups excluding carboxylic acids is 1. The molecular formula is C14H23ClN2O. The minimum Gasteiger partial charge on any atom is -0.399 e. The molecule has 0 radical (unpaired) electrons. The van der Waals surface area contributed by atoms with Crippen LogP contribution in [0.15, 0.2) is 24.3 Å². The standard InChI is InChI=1S/C14H22N2O.ClH/c1-3-4-11-16(2)14(17)10-9-12-7-5-6-8-13(12)15;/h5-8H,3-4,9-11,15H2,1-2H3;1H. The number of anilines is 1. The highest BCUT2D eigenvalue weighted by Gasteiger charge is 2.08. The summed E-state index contributed by atoms with van der Waals surface area (Å²) in [7, 11) is 1.87. The SMILES string of the molecule is CCCCN(C)C(=O)CCc1ccccc1N.Cl. The number of nitrogen functional groups attached to an aromatic ring is 1. The second-order valence-electron chi connectivity index (χ2n) is 4.37. The third-order valence-electron chi connectivity index (χ3n) is 2.94. The van der Waals surface area contributed by atoms with Crippen molar-refractivity contribution in [3.63, 3.8) is 0 Å². The van der Waals surface area contributed by atoms with Gasteiger partial charge in [-0.05, 0) is 24.5 Å². The molecule has 0 aromatic heterocycles. The third kappa shape index (κ3) is 5.41. The van der Waals surface area contributed by atoms with Gasteiger partial charge in [0.2, 0.25) is 5.91 Å². The van der Waals surface area contributed by atoms with Gasteiger partial charge in [0.15, 0.2) is 0 Å². The molecule has 1 aromatic rings. The number of aryl methyl sites for hydroxylation is 1. The van der Waals surface area contributed by atoms with Crippen molar-refractivity contribution in [2.45, 2.75) is 32.6 Å². The van der Waals surface area contributed by atoms with Crippen LogP contribution in [0.3, 0.4) is 0 Å². The molecule has 1 aromatic carbocycles. The number of hydrogen-bond acceptors (Lipinski definition) is 2. The molecule has 0 atom stereocenters. The molecule has 0 bridgehead atoms. The topological polar surface area (TPSA) is 46.3 Å². The first-order valence-corrected chi connectivity index (χ1v) is 6.22. The van der Waals surface area contributed by atoms with Crippen LogP contribution in [-0.4, -0.2) is 24.4 Å². The van der Waals surface area contributed by atoms with Gasteiger partial charge in [-0.15, -0.1) is 12.4 Å². The summed E-state index contributed by atoms with van der Waals surface area (Å²) in [6, 6.07) is 7.72. The number of hydrogen-bond donors (Lipinski definition) is 1. The van der Waals surface area contributed by atoms with Gasteiger partial charge in [0.25, 0.3) is 0 Å². The Balaban J connectivity index is 0.00000289. The minimum atomic E-state index is 0. The van der Waals surface area contributed by atoms with Crippen molar-refractivity contribution in [2.75, 3.05) is 19.3 Å². The summed E-state index contributed by atoms with van der Waals surface area (Å²) < 4.78 is 0. The van der Waals surface area contributed by atoms with Crippen LogP contribution in [0.25, 0.3) is 0 Å². The first kappa shape index (κ1) is 16.8.